The predicted octanol–water partition coefficient (Wildman–Crippen LogP) is 2.56. The SMILES string of the molecule is O=C(COc1cc(F)ccc1[N+](=O)[O-])c1c[nH]c(C(=O)N2CCCC2)c1. The fraction of sp³-hybridized carbons (Fsp3) is 0.294. The molecular formula is C17H16FN3O5. The van der Waals surface area contributed by atoms with Gasteiger partial charge < -0.3 is 14.6 Å². The Morgan fingerprint density at radius 2 is 2.00 bits per heavy atom. The third-order valence-corrected chi connectivity index (χ3v) is 4.11. The van der Waals surface area contributed by atoms with Crippen LogP contribution in [0.15, 0.2) is 30.5 Å². The minimum absolute atomic E-state index is 0.178. The summed E-state index contributed by atoms with van der Waals surface area (Å²) in [5.41, 5.74) is 0.0803. The molecule has 0 saturated carbocycles. The topological polar surface area (TPSA) is 106 Å². The molecule has 8 nitrogen and oxygen atoms in total. The second-order valence-corrected chi connectivity index (χ2v) is 5.88. The number of H-pyrrole nitrogens is 1. The average molecular weight is 361 g/mol. The number of rotatable bonds is 6. The van der Waals surface area contributed by atoms with Crippen molar-refractivity contribution in [1.29, 1.82) is 0 Å². The molecule has 0 atom stereocenters. The zero-order chi connectivity index (χ0) is 18.7. The molecule has 1 aliphatic rings. The summed E-state index contributed by atoms with van der Waals surface area (Å²) < 4.78 is 18.4. The summed E-state index contributed by atoms with van der Waals surface area (Å²) in [4.78, 5) is 39.1. The average Bonchev–Trinajstić information content (AvgIpc) is 3.30. The molecule has 26 heavy (non-hydrogen) atoms. The standard InChI is InChI=1S/C17H16FN3O5/c18-12-3-4-14(21(24)25)16(8-12)26-10-15(22)11-7-13(19-9-11)17(23)20-5-1-2-6-20/h3-4,7-9,19H,1-2,5-6,10H2. The zero-order valence-corrected chi connectivity index (χ0v) is 13.7. The number of likely N-dealkylation sites (tertiary alicyclic amines) is 1. The molecule has 1 aromatic heterocycles. The van der Waals surface area contributed by atoms with Crippen LogP contribution in [-0.4, -0.2) is 46.2 Å². The number of Topliss-reactive ketones (excluding diaryl/α,β-unsaturated/α-hetero) is 1. The van der Waals surface area contributed by atoms with E-state index in [1.54, 1.807) is 4.90 Å². The number of aromatic nitrogens is 1. The maximum absolute atomic E-state index is 13.3. The molecule has 1 fully saturated rings. The fourth-order valence-electron chi connectivity index (χ4n) is 2.75. The number of hydrogen-bond donors (Lipinski definition) is 1. The summed E-state index contributed by atoms with van der Waals surface area (Å²) in [6.07, 6.45) is 3.30. The van der Waals surface area contributed by atoms with E-state index >= 15 is 0 Å². The lowest BCUT2D eigenvalue weighted by atomic mass is 10.2. The maximum atomic E-state index is 13.3. The number of ether oxygens (including phenoxy) is 1. The van der Waals surface area contributed by atoms with Gasteiger partial charge in [0.2, 0.25) is 5.78 Å². The predicted molar refractivity (Wildman–Crippen MR) is 88.8 cm³/mol. The van der Waals surface area contributed by atoms with E-state index in [-0.39, 0.29) is 17.2 Å². The Balaban J connectivity index is 1.67. The number of hydrogen-bond acceptors (Lipinski definition) is 5. The van der Waals surface area contributed by atoms with Gasteiger partial charge in [-0.2, -0.15) is 0 Å². The van der Waals surface area contributed by atoms with E-state index in [1.165, 1.54) is 12.3 Å². The second kappa shape index (κ2) is 7.34. The molecule has 9 heteroatoms. The highest BCUT2D eigenvalue weighted by molar-refractivity contribution is 6.01. The molecule has 0 unspecified atom stereocenters. The number of nitrogens with zero attached hydrogens (tertiary/aromatic N) is 2. The van der Waals surface area contributed by atoms with Crippen LogP contribution in [0.4, 0.5) is 10.1 Å². The van der Waals surface area contributed by atoms with Gasteiger partial charge in [-0.25, -0.2) is 4.39 Å². The van der Waals surface area contributed by atoms with Crippen molar-refractivity contribution < 1.29 is 23.6 Å². The molecule has 136 valence electrons. The molecule has 1 aliphatic heterocycles. The van der Waals surface area contributed by atoms with E-state index in [1.807, 2.05) is 0 Å². The van der Waals surface area contributed by atoms with Crippen LogP contribution in [0.25, 0.3) is 0 Å². The van der Waals surface area contributed by atoms with Gasteiger partial charge in [0.1, 0.15) is 11.5 Å². The van der Waals surface area contributed by atoms with E-state index in [9.17, 15) is 24.1 Å². The molecule has 1 amide bonds. The first kappa shape index (κ1) is 17.6. The van der Waals surface area contributed by atoms with Gasteiger partial charge in [0.25, 0.3) is 5.91 Å². The lowest BCUT2D eigenvalue weighted by Gasteiger charge is -2.13. The molecule has 1 saturated heterocycles. The van der Waals surface area contributed by atoms with Crippen LogP contribution in [0.2, 0.25) is 0 Å². The monoisotopic (exact) mass is 361 g/mol. The Morgan fingerprint density at radius 1 is 1.27 bits per heavy atom. The van der Waals surface area contributed by atoms with Gasteiger partial charge in [0.05, 0.1) is 4.92 Å². The number of nitro groups is 1. The summed E-state index contributed by atoms with van der Waals surface area (Å²) in [5.74, 6) is -1.70. The van der Waals surface area contributed by atoms with Gasteiger partial charge in [0, 0.05) is 37.0 Å². The number of amides is 1. The van der Waals surface area contributed by atoms with Crippen LogP contribution in [0.1, 0.15) is 33.7 Å². The number of carbonyl (C=O) groups excluding carboxylic acids is 2. The maximum Gasteiger partial charge on any atom is 0.311 e. The largest absolute Gasteiger partial charge is 0.478 e. The smallest absolute Gasteiger partial charge is 0.311 e. The third kappa shape index (κ3) is 3.71. The Hall–Kier alpha value is -3.23. The Kier molecular flexibility index (Phi) is 4.97. The summed E-state index contributed by atoms with van der Waals surface area (Å²) in [6.45, 7) is 0.862. The Morgan fingerprint density at radius 3 is 2.69 bits per heavy atom. The van der Waals surface area contributed by atoms with Gasteiger partial charge in [-0.15, -0.1) is 0 Å². The molecule has 0 aliphatic carbocycles. The first-order valence-electron chi connectivity index (χ1n) is 8.03. The number of aromatic amines is 1. The van der Waals surface area contributed by atoms with Gasteiger partial charge in [-0.1, -0.05) is 0 Å². The molecular weight excluding hydrogens is 345 g/mol. The van der Waals surface area contributed by atoms with Crippen molar-refractivity contribution in [2.24, 2.45) is 0 Å². The fourth-order valence-corrected chi connectivity index (χ4v) is 2.75. The normalized spacial score (nSPS) is 13.7. The van der Waals surface area contributed by atoms with Crippen molar-refractivity contribution in [3.8, 4) is 5.75 Å². The summed E-state index contributed by atoms with van der Waals surface area (Å²) in [6, 6.07) is 4.19. The highest BCUT2D eigenvalue weighted by atomic mass is 19.1. The quantitative estimate of drug-likeness (QED) is 0.483. The summed E-state index contributed by atoms with van der Waals surface area (Å²) in [7, 11) is 0. The van der Waals surface area contributed by atoms with Crippen LogP contribution >= 0.6 is 0 Å². The van der Waals surface area contributed by atoms with Crippen molar-refractivity contribution in [2.75, 3.05) is 19.7 Å². The van der Waals surface area contributed by atoms with Crippen molar-refractivity contribution in [3.63, 3.8) is 0 Å². The van der Waals surface area contributed by atoms with Crippen molar-refractivity contribution in [2.45, 2.75) is 12.8 Å². The Bertz CT molecular complexity index is 858. The van der Waals surface area contributed by atoms with Gasteiger partial charge in [-0.05, 0) is 25.0 Å². The second-order valence-electron chi connectivity index (χ2n) is 5.88. The zero-order valence-electron chi connectivity index (χ0n) is 13.7. The molecule has 0 radical (unpaired) electrons. The molecule has 2 heterocycles. The lowest BCUT2D eigenvalue weighted by molar-refractivity contribution is -0.385. The number of nitro benzene ring substituents is 1. The molecule has 2 aromatic rings. The van der Waals surface area contributed by atoms with Crippen LogP contribution in [0.3, 0.4) is 0 Å². The lowest BCUT2D eigenvalue weighted by Crippen LogP contribution is -2.27. The third-order valence-electron chi connectivity index (χ3n) is 4.11. The number of halogens is 1. The molecule has 3 rings (SSSR count). The van der Waals surface area contributed by atoms with Crippen molar-refractivity contribution in [3.05, 3.63) is 57.7 Å². The van der Waals surface area contributed by atoms with E-state index in [2.05, 4.69) is 4.98 Å². The van der Waals surface area contributed by atoms with Crippen LogP contribution < -0.4 is 4.74 Å². The number of benzene rings is 1. The first-order valence-corrected chi connectivity index (χ1v) is 8.03. The first-order chi connectivity index (χ1) is 12.5. The number of ketones is 1. The van der Waals surface area contributed by atoms with E-state index in [0.29, 0.717) is 18.8 Å². The molecule has 1 N–H and O–H groups in total. The minimum atomic E-state index is -0.720. The van der Waals surface area contributed by atoms with Crippen molar-refractivity contribution >= 4 is 17.4 Å². The molecule has 1 aromatic carbocycles. The van der Waals surface area contributed by atoms with Gasteiger partial charge in [-0.3, -0.25) is 19.7 Å². The van der Waals surface area contributed by atoms with Crippen LogP contribution in [-0.2, 0) is 0 Å². The molecule has 0 bridgehead atoms. The van der Waals surface area contributed by atoms with Crippen LogP contribution in [0.5, 0.6) is 5.75 Å². The minimum Gasteiger partial charge on any atom is -0.478 e. The highest BCUT2D eigenvalue weighted by Gasteiger charge is 2.22. The van der Waals surface area contributed by atoms with E-state index < -0.39 is 28.8 Å². The van der Waals surface area contributed by atoms with E-state index in [4.69, 9.17) is 4.74 Å². The van der Waals surface area contributed by atoms with Gasteiger partial charge >= 0.3 is 5.69 Å². The van der Waals surface area contributed by atoms with Gasteiger partial charge in [0.15, 0.2) is 12.4 Å². The summed E-state index contributed by atoms with van der Waals surface area (Å²) in [5, 5.41) is 10.9. The van der Waals surface area contributed by atoms with Crippen LogP contribution in [0, 0.1) is 15.9 Å². The van der Waals surface area contributed by atoms with E-state index in [0.717, 1.165) is 31.0 Å². The van der Waals surface area contributed by atoms with Crippen molar-refractivity contribution in [1.82, 2.24) is 9.88 Å². The number of carbonyl (C=O) groups is 2. The Labute approximate surface area is 147 Å². The molecule has 0 spiro atoms. The number of nitrogens with one attached hydrogen (secondary N) is 1. The summed E-state index contributed by atoms with van der Waals surface area (Å²) >= 11 is 0. The highest BCUT2D eigenvalue weighted by Crippen LogP contribution is 2.27.